The number of benzene rings is 1. The van der Waals surface area contributed by atoms with Gasteiger partial charge in [0.1, 0.15) is 5.75 Å². The molecule has 2 nitrogen and oxygen atoms in total. The molecule has 2 unspecified atom stereocenters. The summed E-state index contributed by atoms with van der Waals surface area (Å²) in [6, 6.07) is 8.75. The molecule has 0 saturated heterocycles. The fraction of sp³-hybridized carbons (Fsp3) is 0.778. The molecule has 29 heavy (non-hydrogen) atoms. The quantitative estimate of drug-likeness (QED) is 0.399. The second kappa shape index (κ2) is 8.61. The molecular weight excluding hydrogens is 356 g/mol. The molecule has 0 radical (unpaired) electrons. The molecular formula is C27H42O2. The third-order valence-corrected chi connectivity index (χ3v) is 8.45. The van der Waals surface area contributed by atoms with E-state index < -0.39 is 0 Å². The van der Waals surface area contributed by atoms with E-state index in [1.807, 2.05) is 0 Å². The van der Waals surface area contributed by atoms with E-state index in [1.54, 1.807) is 0 Å². The molecule has 4 saturated carbocycles. The number of ether oxygens (including phenoxy) is 2. The first-order valence-corrected chi connectivity index (χ1v) is 12.3. The van der Waals surface area contributed by atoms with E-state index in [0.717, 1.165) is 42.3 Å². The van der Waals surface area contributed by atoms with Gasteiger partial charge >= 0.3 is 0 Å². The molecule has 0 spiro atoms. The van der Waals surface area contributed by atoms with Gasteiger partial charge in [-0.05, 0) is 91.2 Å². The standard InChI is InChI=1S/C27H42O2/c1-6-18(3)21-8-10-24(11-9-21)28-25(17-27(4,5)7-2)29-26-22-13-19-12-20(15-22)16-23(26)14-19/h8-11,18-20,22-23,25-26H,6-7,12-17H2,1-5H3. The van der Waals surface area contributed by atoms with Crippen LogP contribution in [0.25, 0.3) is 0 Å². The second-order valence-electron chi connectivity index (χ2n) is 11.2. The Morgan fingerprint density at radius 3 is 2.03 bits per heavy atom. The molecule has 0 N–H and O–H groups in total. The molecule has 4 aliphatic carbocycles. The highest BCUT2D eigenvalue weighted by atomic mass is 16.7. The lowest BCUT2D eigenvalue weighted by molar-refractivity contribution is -0.206. The van der Waals surface area contributed by atoms with Crippen molar-refractivity contribution >= 4 is 0 Å². The van der Waals surface area contributed by atoms with Gasteiger partial charge in [0.15, 0.2) is 0 Å². The number of rotatable bonds is 9. The summed E-state index contributed by atoms with van der Waals surface area (Å²) in [5.41, 5.74) is 1.63. The van der Waals surface area contributed by atoms with Crippen molar-refractivity contribution in [3.05, 3.63) is 29.8 Å². The van der Waals surface area contributed by atoms with Gasteiger partial charge in [-0.25, -0.2) is 0 Å². The van der Waals surface area contributed by atoms with Crippen LogP contribution in [0.4, 0.5) is 0 Å². The highest BCUT2D eigenvalue weighted by Gasteiger charge is 2.49. The largest absolute Gasteiger partial charge is 0.465 e. The van der Waals surface area contributed by atoms with E-state index in [4.69, 9.17) is 9.47 Å². The lowest BCUT2D eigenvalue weighted by atomic mass is 9.55. The van der Waals surface area contributed by atoms with Crippen molar-refractivity contribution < 1.29 is 9.47 Å². The second-order valence-corrected chi connectivity index (χ2v) is 11.2. The monoisotopic (exact) mass is 398 g/mol. The van der Waals surface area contributed by atoms with Crippen molar-refractivity contribution in [2.75, 3.05) is 0 Å². The molecule has 1 aromatic rings. The predicted molar refractivity (Wildman–Crippen MR) is 120 cm³/mol. The van der Waals surface area contributed by atoms with Crippen LogP contribution in [0.15, 0.2) is 24.3 Å². The topological polar surface area (TPSA) is 18.5 Å². The van der Waals surface area contributed by atoms with E-state index in [1.165, 1.54) is 44.1 Å². The SMILES string of the molecule is CCC(C)c1ccc(OC(CC(C)(C)CC)OC2C3CC4CC(C3)CC2C4)cc1. The van der Waals surface area contributed by atoms with Crippen LogP contribution >= 0.6 is 0 Å². The Kier molecular flexibility index (Phi) is 6.30. The third-order valence-electron chi connectivity index (χ3n) is 8.45. The molecule has 1 aromatic carbocycles. The Bertz CT molecular complexity index is 634. The molecule has 4 bridgehead atoms. The van der Waals surface area contributed by atoms with Gasteiger partial charge in [-0.3, -0.25) is 0 Å². The zero-order valence-electron chi connectivity index (χ0n) is 19.3. The number of hydrogen-bond donors (Lipinski definition) is 0. The summed E-state index contributed by atoms with van der Waals surface area (Å²) in [6.07, 6.45) is 10.6. The van der Waals surface area contributed by atoms with Crippen molar-refractivity contribution in [2.24, 2.45) is 29.1 Å². The Labute approximate surface area is 178 Å². The molecule has 2 heteroatoms. The van der Waals surface area contributed by atoms with Gasteiger partial charge in [0, 0.05) is 6.42 Å². The van der Waals surface area contributed by atoms with Gasteiger partial charge in [0.2, 0.25) is 6.29 Å². The molecule has 0 heterocycles. The summed E-state index contributed by atoms with van der Waals surface area (Å²) in [5, 5.41) is 0. The lowest BCUT2D eigenvalue weighted by Crippen LogP contribution is -2.51. The summed E-state index contributed by atoms with van der Waals surface area (Å²) >= 11 is 0. The molecule has 5 rings (SSSR count). The van der Waals surface area contributed by atoms with E-state index in [-0.39, 0.29) is 11.7 Å². The highest BCUT2D eigenvalue weighted by molar-refractivity contribution is 5.29. The van der Waals surface area contributed by atoms with Crippen LogP contribution in [0, 0.1) is 29.1 Å². The van der Waals surface area contributed by atoms with E-state index in [2.05, 4.69) is 58.9 Å². The zero-order chi connectivity index (χ0) is 20.6. The Morgan fingerprint density at radius 2 is 1.52 bits per heavy atom. The predicted octanol–water partition coefficient (Wildman–Crippen LogP) is 7.57. The van der Waals surface area contributed by atoms with E-state index in [9.17, 15) is 0 Å². The molecule has 162 valence electrons. The molecule has 0 aromatic heterocycles. The average Bonchev–Trinajstić information content (AvgIpc) is 2.70. The van der Waals surface area contributed by atoms with Gasteiger partial charge in [-0.1, -0.05) is 53.2 Å². The van der Waals surface area contributed by atoms with Crippen molar-refractivity contribution in [1.82, 2.24) is 0 Å². The first-order chi connectivity index (χ1) is 13.9. The third kappa shape index (κ3) is 4.84. The van der Waals surface area contributed by atoms with Crippen LogP contribution in [0.2, 0.25) is 0 Å². The van der Waals surface area contributed by atoms with Gasteiger partial charge in [-0.15, -0.1) is 0 Å². The van der Waals surface area contributed by atoms with E-state index >= 15 is 0 Å². The summed E-state index contributed by atoms with van der Waals surface area (Å²) in [5.74, 6) is 5.07. The van der Waals surface area contributed by atoms with Crippen molar-refractivity contribution in [1.29, 1.82) is 0 Å². The molecule has 4 aliphatic rings. The van der Waals surface area contributed by atoms with Crippen LogP contribution in [-0.2, 0) is 4.74 Å². The Morgan fingerprint density at radius 1 is 0.931 bits per heavy atom. The van der Waals surface area contributed by atoms with Crippen molar-refractivity contribution in [2.45, 2.75) is 104 Å². The first kappa shape index (κ1) is 21.2. The van der Waals surface area contributed by atoms with Gasteiger partial charge in [0.25, 0.3) is 0 Å². The summed E-state index contributed by atoms with van der Waals surface area (Å²) < 4.78 is 13.4. The highest BCUT2D eigenvalue weighted by Crippen LogP contribution is 2.55. The van der Waals surface area contributed by atoms with Crippen LogP contribution in [0.3, 0.4) is 0 Å². The zero-order valence-corrected chi connectivity index (χ0v) is 19.3. The van der Waals surface area contributed by atoms with Gasteiger partial charge in [-0.2, -0.15) is 0 Å². The Hall–Kier alpha value is -1.02. The first-order valence-electron chi connectivity index (χ1n) is 12.3. The van der Waals surface area contributed by atoms with Crippen LogP contribution in [0.1, 0.15) is 97.5 Å². The normalized spacial score (nSPS) is 32.9. The molecule has 2 atom stereocenters. The maximum Gasteiger partial charge on any atom is 0.200 e. The maximum absolute atomic E-state index is 6.85. The number of hydrogen-bond acceptors (Lipinski definition) is 2. The van der Waals surface area contributed by atoms with Crippen LogP contribution < -0.4 is 4.74 Å². The van der Waals surface area contributed by atoms with E-state index in [0.29, 0.717) is 12.0 Å². The van der Waals surface area contributed by atoms with Crippen LogP contribution in [-0.4, -0.2) is 12.4 Å². The minimum atomic E-state index is -0.137. The van der Waals surface area contributed by atoms with Crippen molar-refractivity contribution in [3.63, 3.8) is 0 Å². The van der Waals surface area contributed by atoms with Gasteiger partial charge < -0.3 is 9.47 Å². The van der Waals surface area contributed by atoms with Gasteiger partial charge in [0.05, 0.1) is 6.10 Å². The molecule has 4 fully saturated rings. The maximum atomic E-state index is 6.85. The lowest BCUT2D eigenvalue weighted by Gasteiger charge is -2.54. The summed E-state index contributed by atoms with van der Waals surface area (Å²) in [7, 11) is 0. The Balaban J connectivity index is 1.46. The summed E-state index contributed by atoms with van der Waals surface area (Å²) in [6.45, 7) is 11.5. The minimum Gasteiger partial charge on any atom is -0.465 e. The molecule has 0 amide bonds. The van der Waals surface area contributed by atoms with Crippen molar-refractivity contribution in [3.8, 4) is 5.75 Å². The summed E-state index contributed by atoms with van der Waals surface area (Å²) in [4.78, 5) is 0. The average molecular weight is 399 g/mol. The fourth-order valence-electron chi connectivity index (χ4n) is 6.25. The molecule has 0 aliphatic heterocycles. The fourth-order valence-corrected chi connectivity index (χ4v) is 6.25. The van der Waals surface area contributed by atoms with Crippen LogP contribution in [0.5, 0.6) is 5.75 Å². The minimum absolute atomic E-state index is 0.137. The smallest absolute Gasteiger partial charge is 0.200 e.